The highest BCUT2D eigenvalue weighted by Gasteiger charge is 2.20. The number of aryl methyl sites for hydroxylation is 1. The van der Waals surface area contributed by atoms with Gasteiger partial charge < -0.3 is 14.9 Å². The number of nitrogens with two attached hydrogens (primary N) is 1. The minimum Gasteiger partial charge on any atom is -0.465 e. The fourth-order valence-corrected chi connectivity index (χ4v) is 2.24. The van der Waals surface area contributed by atoms with Crippen molar-refractivity contribution < 1.29 is 13.9 Å². The molecule has 0 saturated carbocycles. The van der Waals surface area contributed by atoms with Gasteiger partial charge in [-0.05, 0) is 19.1 Å². The Balaban J connectivity index is 2.53. The lowest BCUT2D eigenvalue weighted by molar-refractivity contribution is 0.0603. The van der Waals surface area contributed by atoms with Crippen molar-refractivity contribution in [2.75, 3.05) is 12.8 Å². The van der Waals surface area contributed by atoms with Crippen LogP contribution in [0.5, 0.6) is 0 Å². The Morgan fingerprint density at radius 1 is 1.50 bits per heavy atom. The quantitative estimate of drug-likeness (QED) is 0.815. The molecule has 2 heterocycles. The Kier molecular flexibility index (Phi) is 2.70. The van der Waals surface area contributed by atoms with Gasteiger partial charge in [0.2, 0.25) is 0 Å². The number of hydrogen-bond acceptors (Lipinski definition) is 5. The van der Waals surface area contributed by atoms with Crippen LogP contribution in [0, 0.1) is 6.92 Å². The molecule has 0 aliphatic heterocycles. The summed E-state index contributed by atoms with van der Waals surface area (Å²) < 4.78 is 10.2. The van der Waals surface area contributed by atoms with Gasteiger partial charge in [-0.25, -0.2) is 4.79 Å². The van der Waals surface area contributed by atoms with Crippen molar-refractivity contribution in [3.63, 3.8) is 0 Å². The van der Waals surface area contributed by atoms with Crippen molar-refractivity contribution in [3.8, 4) is 11.3 Å². The third-order valence-electron chi connectivity index (χ3n) is 2.21. The topological polar surface area (TPSA) is 65.5 Å². The molecule has 4 nitrogen and oxygen atoms in total. The molecule has 84 valence electrons. The van der Waals surface area contributed by atoms with Crippen LogP contribution >= 0.6 is 11.3 Å². The van der Waals surface area contributed by atoms with Gasteiger partial charge in [-0.15, -0.1) is 11.3 Å². The van der Waals surface area contributed by atoms with Crippen molar-refractivity contribution in [2.45, 2.75) is 6.92 Å². The van der Waals surface area contributed by atoms with Crippen LogP contribution in [0.3, 0.4) is 0 Å². The minimum absolute atomic E-state index is 0.377. The van der Waals surface area contributed by atoms with Crippen LogP contribution in [0.1, 0.15) is 16.1 Å². The van der Waals surface area contributed by atoms with Gasteiger partial charge >= 0.3 is 5.97 Å². The largest absolute Gasteiger partial charge is 0.465 e. The first-order valence-electron chi connectivity index (χ1n) is 4.65. The Bertz CT molecular complexity index is 527. The number of esters is 1. The number of thiophene rings is 1. The van der Waals surface area contributed by atoms with E-state index in [2.05, 4.69) is 0 Å². The average Bonchev–Trinajstić information content (AvgIpc) is 2.83. The van der Waals surface area contributed by atoms with Gasteiger partial charge in [0, 0.05) is 10.9 Å². The molecule has 0 radical (unpaired) electrons. The second kappa shape index (κ2) is 4.02. The molecule has 2 rings (SSSR count). The standard InChI is InChI=1S/C11H11NO3S/c1-6-3-4-8(15-6)7-5-16-10(12)9(7)11(13)14-2/h3-5H,12H2,1-2H3. The Morgan fingerprint density at radius 3 is 2.81 bits per heavy atom. The Labute approximate surface area is 96.6 Å². The van der Waals surface area contributed by atoms with E-state index >= 15 is 0 Å². The molecule has 0 fully saturated rings. The maximum atomic E-state index is 11.6. The summed E-state index contributed by atoms with van der Waals surface area (Å²) in [5, 5.41) is 2.23. The van der Waals surface area contributed by atoms with Gasteiger partial charge in [0.15, 0.2) is 0 Å². The van der Waals surface area contributed by atoms with Crippen LogP contribution in [-0.4, -0.2) is 13.1 Å². The number of nitrogen functional groups attached to an aromatic ring is 1. The molecule has 16 heavy (non-hydrogen) atoms. The normalized spacial score (nSPS) is 10.4. The number of ether oxygens (including phenoxy) is 1. The summed E-state index contributed by atoms with van der Waals surface area (Å²) >= 11 is 1.30. The SMILES string of the molecule is COC(=O)c1c(-c2ccc(C)o2)csc1N. The lowest BCUT2D eigenvalue weighted by atomic mass is 10.1. The summed E-state index contributed by atoms with van der Waals surface area (Å²) in [5.74, 6) is 0.976. The lowest BCUT2D eigenvalue weighted by Crippen LogP contribution is -2.04. The van der Waals surface area contributed by atoms with E-state index in [0.29, 0.717) is 21.9 Å². The molecule has 5 heteroatoms. The smallest absolute Gasteiger partial charge is 0.341 e. The van der Waals surface area contributed by atoms with Crippen molar-refractivity contribution in [1.82, 2.24) is 0 Å². The number of carbonyl (C=O) groups excluding carboxylic acids is 1. The molecule has 0 aliphatic rings. The van der Waals surface area contributed by atoms with E-state index in [1.807, 2.05) is 19.1 Å². The van der Waals surface area contributed by atoms with Crippen molar-refractivity contribution in [3.05, 3.63) is 28.8 Å². The molecule has 0 bridgehead atoms. The predicted octanol–water partition coefficient (Wildman–Crippen LogP) is 2.69. The van der Waals surface area contributed by atoms with E-state index in [-0.39, 0.29) is 0 Å². The van der Waals surface area contributed by atoms with Gasteiger partial charge in [-0.1, -0.05) is 0 Å². The summed E-state index contributed by atoms with van der Waals surface area (Å²) in [6, 6.07) is 3.65. The zero-order valence-corrected chi connectivity index (χ0v) is 9.76. The van der Waals surface area contributed by atoms with E-state index in [1.54, 1.807) is 5.38 Å². The van der Waals surface area contributed by atoms with Crippen LogP contribution in [0.2, 0.25) is 0 Å². The summed E-state index contributed by atoms with van der Waals surface area (Å²) in [6.07, 6.45) is 0. The van der Waals surface area contributed by atoms with Gasteiger partial charge in [0.25, 0.3) is 0 Å². The first kappa shape index (κ1) is 10.8. The monoisotopic (exact) mass is 237 g/mol. The molecule has 0 aliphatic carbocycles. The van der Waals surface area contributed by atoms with E-state index in [0.717, 1.165) is 5.76 Å². The number of methoxy groups -OCH3 is 1. The highest BCUT2D eigenvalue weighted by Crippen LogP contribution is 2.34. The number of anilines is 1. The third kappa shape index (κ3) is 1.69. The molecular formula is C11H11NO3S. The summed E-state index contributed by atoms with van der Waals surface area (Å²) in [4.78, 5) is 11.6. The molecule has 0 saturated heterocycles. The second-order valence-electron chi connectivity index (χ2n) is 3.29. The van der Waals surface area contributed by atoms with Crippen LogP contribution in [0.4, 0.5) is 5.00 Å². The maximum absolute atomic E-state index is 11.6. The van der Waals surface area contributed by atoms with Gasteiger partial charge in [0.05, 0.1) is 7.11 Å². The molecule has 0 amide bonds. The van der Waals surface area contributed by atoms with Gasteiger partial charge in [-0.3, -0.25) is 0 Å². The predicted molar refractivity (Wildman–Crippen MR) is 62.5 cm³/mol. The number of rotatable bonds is 2. The van der Waals surface area contributed by atoms with Crippen molar-refractivity contribution >= 4 is 22.3 Å². The first-order valence-corrected chi connectivity index (χ1v) is 5.53. The van der Waals surface area contributed by atoms with Crippen LogP contribution in [0.25, 0.3) is 11.3 Å². The first-order chi connectivity index (χ1) is 7.63. The second-order valence-corrected chi connectivity index (χ2v) is 4.20. The molecule has 0 aromatic carbocycles. The zero-order chi connectivity index (χ0) is 11.7. The molecule has 2 aromatic heterocycles. The van der Waals surface area contributed by atoms with Gasteiger partial charge in [0.1, 0.15) is 22.1 Å². The van der Waals surface area contributed by atoms with Crippen molar-refractivity contribution in [1.29, 1.82) is 0 Å². The highest BCUT2D eigenvalue weighted by molar-refractivity contribution is 7.14. The number of carbonyl (C=O) groups is 1. The number of hydrogen-bond donors (Lipinski definition) is 1. The van der Waals surface area contributed by atoms with Crippen LogP contribution in [0.15, 0.2) is 21.9 Å². The highest BCUT2D eigenvalue weighted by atomic mass is 32.1. The summed E-state index contributed by atoms with van der Waals surface area (Å²) in [7, 11) is 1.33. The minimum atomic E-state index is -0.442. The van der Waals surface area contributed by atoms with Crippen molar-refractivity contribution in [2.24, 2.45) is 0 Å². The molecule has 0 atom stereocenters. The lowest BCUT2D eigenvalue weighted by Gasteiger charge is -2.00. The molecule has 0 spiro atoms. The fraction of sp³-hybridized carbons (Fsp3) is 0.182. The average molecular weight is 237 g/mol. The molecule has 2 aromatic rings. The Morgan fingerprint density at radius 2 is 2.25 bits per heavy atom. The van der Waals surface area contributed by atoms with E-state index in [9.17, 15) is 4.79 Å². The molecule has 0 unspecified atom stereocenters. The fourth-order valence-electron chi connectivity index (χ4n) is 1.45. The maximum Gasteiger partial charge on any atom is 0.341 e. The van der Waals surface area contributed by atoms with Crippen LogP contribution in [-0.2, 0) is 4.74 Å². The summed E-state index contributed by atoms with van der Waals surface area (Å²) in [6.45, 7) is 1.84. The summed E-state index contributed by atoms with van der Waals surface area (Å²) in [5.41, 5.74) is 6.80. The zero-order valence-electron chi connectivity index (χ0n) is 8.94. The van der Waals surface area contributed by atoms with E-state index in [4.69, 9.17) is 14.9 Å². The number of furan rings is 1. The van der Waals surface area contributed by atoms with Gasteiger partial charge in [-0.2, -0.15) is 0 Å². The van der Waals surface area contributed by atoms with Crippen LogP contribution < -0.4 is 5.73 Å². The molecular weight excluding hydrogens is 226 g/mol. The third-order valence-corrected chi connectivity index (χ3v) is 3.03. The molecule has 2 N–H and O–H groups in total. The van der Waals surface area contributed by atoms with E-state index < -0.39 is 5.97 Å². The van der Waals surface area contributed by atoms with E-state index in [1.165, 1.54) is 18.4 Å². The Hall–Kier alpha value is -1.75.